The van der Waals surface area contributed by atoms with Crippen LogP contribution in [0.15, 0.2) is 36.4 Å². The predicted molar refractivity (Wildman–Crippen MR) is 70.8 cm³/mol. The lowest BCUT2D eigenvalue weighted by Crippen LogP contribution is -1.87. The van der Waals surface area contributed by atoms with Gasteiger partial charge in [-0.15, -0.1) is 0 Å². The number of aryl methyl sites for hydroxylation is 2. The van der Waals surface area contributed by atoms with Gasteiger partial charge in [0.25, 0.3) is 0 Å². The van der Waals surface area contributed by atoms with E-state index in [0.717, 1.165) is 21.5 Å². The number of hydrogen-bond donors (Lipinski definition) is 0. The molecule has 90 valence electrons. The van der Waals surface area contributed by atoms with Gasteiger partial charge in [-0.05, 0) is 70.8 Å². The summed E-state index contributed by atoms with van der Waals surface area (Å²) >= 11 is 0. The van der Waals surface area contributed by atoms with Crippen molar-refractivity contribution in [1.29, 1.82) is 0 Å². The van der Waals surface area contributed by atoms with Gasteiger partial charge in [0, 0.05) is 0 Å². The van der Waals surface area contributed by atoms with Crippen LogP contribution in [0.2, 0.25) is 0 Å². The zero-order chi connectivity index (χ0) is 12.9. The second-order valence-corrected chi connectivity index (χ2v) is 4.71. The average Bonchev–Trinajstić information content (AvgIpc) is 2.33. The largest absolute Gasteiger partial charge is 0.207 e. The van der Waals surface area contributed by atoms with E-state index < -0.39 is 0 Å². The molecule has 0 saturated heterocycles. The minimum Gasteiger partial charge on any atom is -0.207 e. The standard InChI is InChI=1S/C16H12F2/c1-9-5-11-3-4-12-6-10(2)16(18)8-14(12)13(11)7-15(9)17/h3-8H,1-2H3. The minimum absolute atomic E-state index is 0.254. The van der Waals surface area contributed by atoms with Crippen LogP contribution in [0.1, 0.15) is 11.1 Å². The van der Waals surface area contributed by atoms with E-state index >= 15 is 0 Å². The first-order chi connectivity index (χ1) is 8.56. The highest BCUT2D eigenvalue weighted by Gasteiger charge is 2.07. The van der Waals surface area contributed by atoms with E-state index in [1.807, 2.05) is 12.1 Å². The van der Waals surface area contributed by atoms with Gasteiger partial charge in [-0.3, -0.25) is 0 Å². The molecule has 0 fully saturated rings. The van der Waals surface area contributed by atoms with E-state index in [1.165, 1.54) is 12.1 Å². The Bertz CT molecular complexity index is 706. The summed E-state index contributed by atoms with van der Waals surface area (Å²) in [4.78, 5) is 0. The predicted octanol–water partition coefficient (Wildman–Crippen LogP) is 4.89. The molecule has 3 rings (SSSR count). The van der Waals surface area contributed by atoms with Gasteiger partial charge >= 0.3 is 0 Å². The van der Waals surface area contributed by atoms with Crippen molar-refractivity contribution in [2.75, 3.05) is 0 Å². The zero-order valence-corrected chi connectivity index (χ0v) is 10.2. The number of halogens is 2. The molecule has 3 aromatic carbocycles. The van der Waals surface area contributed by atoms with Gasteiger partial charge in [-0.2, -0.15) is 0 Å². The molecule has 18 heavy (non-hydrogen) atoms. The van der Waals surface area contributed by atoms with Crippen LogP contribution in [-0.4, -0.2) is 0 Å². The fourth-order valence-corrected chi connectivity index (χ4v) is 2.33. The summed E-state index contributed by atoms with van der Waals surface area (Å²) in [5, 5.41) is 3.39. The van der Waals surface area contributed by atoms with Crippen molar-refractivity contribution in [2.24, 2.45) is 0 Å². The van der Waals surface area contributed by atoms with E-state index in [1.54, 1.807) is 26.0 Å². The first-order valence-corrected chi connectivity index (χ1v) is 5.85. The Morgan fingerprint density at radius 3 is 1.44 bits per heavy atom. The number of rotatable bonds is 0. The van der Waals surface area contributed by atoms with Crippen LogP contribution in [0, 0.1) is 25.5 Å². The summed E-state index contributed by atoms with van der Waals surface area (Å²) in [5.74, 6) is -0.507. The van der Waals surface area contributed by atoms with Crippen LogP contribution in [-0.2, 0) is 0 Å². The first kappa shape index (κ1) is 11.1. The van der Waals surface area contributed by atoms with Crippen molar-refractivity contribution in [2.45, 2.75) is 13.8 Å². The highest BCUT2D eigenvalue weighted by Crippen LogP contribution is 2.29. The number of hydrogen-bond acceptors (Lipinski definition) is 0. The first-order valence-electron chi connectivity index (χ1n) is 5.85. The molecule has 0 N–H and O–H groups in total. The molecule has 0 unspecified atom stereocenters. The summed E-state index contributed by atoms with van der Waals surface area (Å²) in [5.41, 5.74) is 1.21. The molecule has 0 radical (unpaired) electrons. The van der Waals surface area contributed by atoms with Crippen molar-refractivity contribution in [3.8, 4) is 0 Å². The van der Waals surface area contributed by atoms with Gasteiger partial charge in [0.1, 0.15) is 11.6 Å². The Kier molecular flexibility index (Phi) is 2.34. The molecule has 0 amide bonds. The lowest BCUT2D eigenvalue weighted by atomic mass is 9.98. The third kappa shape index (κ3) is 1.57. The Morgan fingerprint density at radius 1 is 0.667 bits per heavy atom. The van der Waals surface area contributed by atoms with E-state index in [9.17, 15) is 8.78 Å². The van der Waals surface area contributed by atoms with Gasteiger partial charge in [-0.25, -0.2) is 8.78 Å². The van der Waals surface area contributed by atoms with E-state index in [2.05, 4.69) is 0 Å². The summed E-state index contributed by atoms with van der Waals surface area (Å²) in [7, 11) is 0. The maximum Gasteiger partial charge on any atom is 0.126 e. The molecular formula is C16H12F2. The fourth-order valence-electron chi connectivity index (χ4n) is 2.33. The lowest BCUT2D eigenvalue weighted by Gasteiger charge is -2.07. The second kappa shape index (κ2) is 3.77. The second-order valence-electron chi connectivity index (χ2n) is 4.71. The third-order valence-corrected chi connectivity index (χ3v) is 3.39. The lowest BCUT2D eigenvalue weighted by molar-refractivity contribution is 0.619. The van der Waals surface area contributed by atoms with Crippen molar-refractivity contribution in [3.05, 3.63) is 59.2 Å². The summed E-state index contributed by atoms with van der Waals surface area (Å²) < 4.78 is 27.3. The quantitative estimate of drug-likeness (QED) is 0.492. The van der Waals surface area contributed by atoms with Gasteiger partial charge in [-0.1, -0.05) is 12.1 Å². The summed E-state index contributed by atoms with van der Waals surface area (Å²) in [6, 6.07) is 10.5. The van der Waals surface area contributed by atoms with E-state index in [-0.39, 0.29) is 11.6 Å². The van der Waals surface area contributed by atoms with Crippen molar-refractivity contribution in [1.82, 2.24) is 0 Å². The third-order valence-electron chi connectivity index (χ3n) is 3.39. The van der Waals surface area contributed by atoms with Crippen LogP contribution >= 0.6 is 0 Å². The molecule has 0 atom stereocenters. The highest BCUT2D eigenvalue weighted by molar-refractivity contribution is 6.07. The van der Waals surface area contributed by atoms with Gasteiger partial charge in [0.05, 0.1) is 0 Å². The molecule has 0 saturated carbocycles. The van der Waals surface area contributed by atoms with Crippen LogP contribution in [0.3, 0.4) is 0 Å². The van der Waals surface area contributed by atoms with Gasteiger partial charge in [0.2, 0.25) is 0 Å². The Morgan fingerprint density at radius 2 is 1.06 bits per heavy atom. The molecule has 0 heterocycles. The van der Waals surface area contributed by atoms with Crippen LogP contribution in [0.25, 0.3) is 21.5 Å². The Balaban J connectivity index is 2.52. The van der Waals surface area contributed by atoms with E-state index in [4.69, 9.17) is 0 Å². The molecule has 0 nitrogen and oxygen atoms in total. The van der Waals surface area contributed by atoms with Gasteiger partial charge < -0.3 is 0 Å². The van der Waals surface area contributed by atoms with Gasteiger partial charge in [0.15, 0.2) is 0 Å². The van der Waals surface area contributed by atoms with E-state index in [0.29, 0.717) is 11.1 Å². The SMILES string of the molecule is Cc1cc2ccc3cc(C)c(F)cc3c2cc1F. The Labute approximate surface area is 104 Å². The molecule has 0 aliphatic rings. The molecule has 0 aromatic heterocycles. The Hall–Kier alpha value is -1.96. The maximum atomic E-state index is 13.7. The maximum absolute atomic E-state index is 13.7. The zero-order valence-electron chi connectivity index (χ0n) is 10.2. The molecule has 2 heteroatoms. The minimum atomic E-state index is -0.254. The molecule has 0 bridgehead atoms. The molecule has 0 aliphatic heterocycles. The number of benzene rings is 3. The smallest absolute Gasteiger partial charge is 0.126 e. The van der Waals surface area contributed by atoms with Crippen molar-refractivity contribution in [3.63, 3.8) is 0 Å². The normalized spacial score (nSPS) is 11.3. The number of fused-ring (bicyclic) bond motifs is 3. The topological polar surface area (TPSA) is 0 Å². The summed E-state index contributed by atoms with van der Waals surface area (Å²) in [6.45, 7) is 3.46. The van der Waals surface area contributed by atoms with Crippen molar-refractivity contribution >= 4 is 21.5 Å². The van der Waals surface area contributed by atoms with Crippen LogP contribution in [0.5, 0.6) is 0 Å². The highest BCUT2D eigenvalue weighted by atomic mass is 19.1. The molecule has 0 spiro atoms. The van der Waals surface area contributed by atoms with Crippen LogP contribution in [0.4, 0.5) is 8.78 Å². The van der Waals surface area contributed by atoms with Crippen LogP contribution < -0.4 is 0 Å². The molecule has 0 aliphatic carbocycles. The molecule has 3 aromatic rings. The average molecular weight is 242 g/mol. The fraction of sp³-hybridized carbons (Fsp3) is 0.125. The van der Waals surface area contributed by atoms with Crippen molar-refractivity contribution < 1.29 is 8.78 Å². The monoisotopic (exact) mass is 242 g/mol. The summed E-state index contributed by atoms with van der Waals surface area (Å²) in [6.07, 6.45) is 0. The molecular weight excluding hydrogens is 230 g/mol.